The summed E-state index contributed by atoms with van der Waals surface area (Å²) >= 11 is 2.29. The minimum absolute atomic E-state index is 0.357. The molecule has 0 aliphatic heterocycles. The zero-order valence-electron chi connectivity index (χ0n) is 10.2. The summed E-state index contributed by atoms with van der Waals surface area (Å²) in [5, 5.41) is 0. The maximum Gasteiger partial charge on any atom is 0.240 e. The van der Waals surface area contributed by atoms with E-state index in [1.807, 2.05) is 19.9 Å². The number of benzene rings is 1. The Morgan fingerprint density at radius 1 is 1.18 bits per heavy atom. The Bertz CT molecular complexity index is 471. The van der Waals surface area contributed by atoms with E-state index >= 15 is 0 Å². The molecule has 0 atom stereocenters. The SMILES string of the molecule is Cc1ccc(S(=O)(=O)NCCCCI)cc1C. The van der Waals surface area contributed by atoms with E-state index in [1.165, 1.54) is 0 Å². The minimum Gasteiger partial charge on any atom is -0.211 e. The van der Waals surface area contributed by atoms with Gasteiger partial charge in [0, 0.05) is 6.54 Å². The Morgan fingerprint density at radius 2 is 1.88 bits per heavy atom. The molecule has 0 bridgehead atoms. The van der Waals surface area contributed by atoms with Gasteiger partial charge in [0.2, 0.25) is 10.0 Å². The van der Waals surface area contributed by atoms with Gasteiger partial charge in [0.25, 0.3) is 0 Å². The molecule has 0 aliphatic rings. The number of hydrogen-bond donors (Lipinski definition) is 1. The highest BCUT2D eigenvalue weighted by atomic mass is 127. The van der Waals surface area contributed by atoms with Crippen molar-refractivity contribution < 1.29 is 8.42 Å². The third-order valence-corrected chi connectivity index (χ3v) is 4.86. The number of nitrogens with one attached hydrogen (secondary N) is 1. The summed E-state index contributed by atoms with van der Waals surface area (Å²) in [6.45, 7) is 4.41. The van der Waals surface area contributed by atoms with Gasteiger partial charge in [-0.1, -0.05) is 28.7 Å². The van der Waals surface area contributed by atoms with Crippen LogP contribution in [0.3, 0.4) is 0 Å². The average molecular weight is 367 g/mol. The van der Waals surface area contributed by atoms with Crippen molar-refractivity contribution in [3.05, 3.63) is 29.3 Å². The molecule has 0 heterocycles. The third-order valence-electron chi connectivity index (χ3n) is 2.64. The first-order valence-corrected chi connectivity index (χ1v) is 8.61. The molecule has 0 aliphatic carbocycles. The van der Waals surface area contributed by atoms with Gasteiger partial charge in [-0.15, -0.1) is 0 Å². The van der Waals surface area contributed by atoms with Crippen molar-refractivity contribution in [3.63, 3.8) is 0 Å². The molecule has 96 valence electrons. The standard InChI is InChI=1S/C12H18INO2S/c1-10-5-6-12(9-11(10)2)17(15,16)14-8-4-3-7-13/h5-6,9,14H,3-4,7-8H2,1-2H3. The maximum atomic E-state index is 11.9. The van der Waals surface area contributed by atoms with Crippen LogP contribution in [0.15, 0.2) is 23.1 Å². The molecule has 0 fully saturated rings. The van der Waals surface area contributed by atoms with Gasteiger partial charge in [0.1, 0.15) is 0 Å². The fourth-order valence-corrected chi connectivity index (χ4v) is 3.09. The average Bonchev–Trinajstić information content (AvgIpc) is 2.28. The van der Waals surface area contributed by atoms with Crippen molar-refractivity contribution in [2.45, 2.75) is 31.6 Å². The van der Waals surface area contributed by atoms with Gasteiger partial charge < -0.3 is 0 Å². The van der Waals surface area contributed by atoms with Crippen molar-refractivity contribution in [3.8, 4) is 0 Å². The Kier molecular flexibility index (Phi) is 5.88. The molecule has 0 spiro atoms. The van der Waals surface area contributed by atoms with Crippen LogP contribution in [0.25, 0.3) is 0 Å². The summed E-state index contributed by atoms with van der Waals surface area (Å²) in [5.74, 6) is 0. The van der Waals surface area contributed by atoms with E-state index in [9.17, 15) is 8.42 Å². The quantitative estimate of drug-likeness (QED) is 0.478. The fourth-order valence-electron chi connectivity index (χ4n) is 1.39. The summed E-state index contributed by atoms with van der Waals surface area (Å²) in [5.41, 5.74) is 2.11. The lowest BCUT2D eigenvalue weighted by atomic mass is 10.1. The van der Waals surface area contributed by atoms with Crippen LogP contribution < -0.4 is 4.72 Å². The van der Waals surface area contributed by atoms with Crippen molar-refractivity contribution in [1.82, 2.24) is 4.72 Å². The lowest BCUT2D eigenvalue weighted by Gasteiger charge is -2.08. The smallest absolute Gasteiger partial charge is 0.211 e. The molecule has 1 aromatic carbocycles. The lowest BCUT2D eigenvalue weighted by Crippen LogP contribution is -2.25. The van der Waals surface area contributed by atoms with Crippen LogP contribution in [0.4, 0.5) is 0 Å². The molecule has 0 aromatic heterocycles. The van der Waals surface area contributed by atoms with Gasteiger partial charge in [-0.25, -0.2) is 13.1 Å². The summed E-state index contributed by atoms with van der Waals surface area (Å²) in [4.78, 5) is 0.357. The Labute approximate surface area is 117 Å². The van der Waals surface area contributed by atoms with E-state index in [-0.39, 0.29) is 0 Å². The summed E-state index contributed by atoms with van der Waals surface area (Å²) in [7, 11) is -3.33. The molecule has 0 radical (unpaired) electrons. The van der Waals surface area contributed by atoms with E-state index in [2.05, 4.69) is 27.3 Å². The van der Waals surface area contributed by atoms with Crippen molar-refractivity contribution in [2.75, 3.05) is 11.0 Å². The van der Waals surface area contributed by atoms with E-state index in [0.29, 0.717) is 11.4 Å². The minimum atomic E-state index is -3.33. The molecule has 0 unspecified atom stereocenters. The van der Waals surface area contributed by atoms with Crippen LogP contribution in [0, 0.1) is 13.8 Å². The maximum absolute atomic E-state index is 11.9. The molecular formula is C12H18INO2S. The van der Waals surface area contributed by atoms with Crippen LogP contribution in [-0.2, 0) is 10.0 Å². The number of rotatable bonds is 6. The zero-order valence-corrected chi connectivity index (χ0v) is 13.1. The van der Waals surface area contributed by atoms with Gasteiger partial charge in [0.15, 0.2) is 0 Å². The molecule has 3 nitrogen and oxygen atoms in total. The number of halogens is 1. The van der Waals surface area contributed by atoms with Gasteiger partial charge in [0.05, 0.1) is 4.90 Å². The molecule has 0 saturated carbocycles. The van der Waals surface area contributed by atoms with Gasteiger partial charge in [-0.05, 0) is 54.4 Å². The highest BCUT2D eigenvalue weighted by Crippen LogP contribution is 2.14. The predicted molar refractivity (Wildman–Crippen MR) is 79.2 cm³/mol. The van der Waals surface area contributed by atoms with Crippen molar-refractivity contribution >= 4 is 32.6 Å². The van der Waals surface area contributed by atoms with Gasteiger partial charge >= 0.3 is 0 Å². The predicted octanol–water partition coefficient (Wildman–Crippen LogP) is 2.80. The number of sulfonamides is 1. The zero-order chi connectivity index (χ0) is 12.9. The van der Waals surface area contributed by atoms with E-state index in [0.717, 1.165) is 28.4 Å². The first-order valence-electron chi connectivity index (χ1n) is 5.60. The molecule has 1 aromatic rings. The number of hydrogen-bond acceptors (Lipinski definition) is 2. The van der Waals surface area contributed by atoms with Crippen LogP contribution in [0.2, 0.25) is 0 Å². The van der Waals surface area contributed by atoms with Gasteiger partial charge in [-0.2, -0.15) is 0 Å². The van der Waals surface area contributed by atoms with Gasteiger partial charge in [-0.3, -0.25) is 0 Å². The number of alkyl halides is 1. The summed E-state index contributed by atoms with van der Waals surface area (Å²) < 4.78 is 27.6. The molecule has 1 N–H and O–H groups in total. The summed E-state index contributed by atoms with van der Waals surface area (Å²) in [6.07, 6.45) is 1.92. The highest BCUT2D eigenvalue weighted by Gasteiger charge is 2.13. The van der Waals surface area contributed by atoms with Crippen LogP contribution in [0.5, 0.6) is 0 Å². The first kappa shape index (κ1) is 14.9. The summed E-state index contributed by atoms with van der Waals surface area (Å²) in [6, 6.07) is 5.22. The third kappa shape index (κ3) is 4.56. The highest BCUT2D eigenvalue weighted by molar-refractivity contribution is 14.1. The molecule has 5 heteroatoms. The number of aryl methyl sites for hydroxylation is 2. The molecule has 0 amide bonds. The topological polar surface area (TPSA) is 46.2 Å². The molecular weight excluding hydrogens is 349 g/mol. The second-order valence-electron chi connectivity index (χ2n) is 4.04. The Balaban J connectivity index is 2.72. The molecule has 0 saturated heterocycles. The fraction of sp³-hybridized carbons (Fsp3) is 0.500. The second-order valence-corrected chi connectivity index (χ2v) is 6.89. The normalized spacial score (nSPS) is 11.7. The van der Waals surface area contributed by atoms with E-state index < -0.39 is 10.0 Å². The van der Waals surface area contributed by atoms with Crippen molar-refractivity contribution in [1.29, 1.82) is 0 Å². The lowest BCUT2D eigenvalue weighted by molar-refractivity contribution is 0.578. The first-order chi connectivity index (χ1) is 7.97. The van der Waals surface area contributed by atoms with Crippen molar-refractivity contribution in [2.24, 2.45) is 0 Å². The van der Waals surface area contributed by atoms with Crippen LogP contribution >= 0.6 is 22.6 Å². The molecule has 17 heavy (non-hydrogen) atoms. The Morgan fingerprint density at radius 3 is 2.47 bits per heavy atom. The second kappa shape index (κ2) is 6.70. The van der Waals surface area contributed by atoms with E-state index in [4.69, 9.17) is 0 Å². The van der Waals surface area contributed by atoms with E-state index in [1.54, 1.807) is 12.1 Å². The van der Waals surface area contributed by atoms with Crippen LogP contribution in [-0.4, -0.2) is 19.4 Å². The number of unbranched alkanes of at least 4 members (excludes halogenated alkanes) is 1. The monoisotopic (exact) mass is 367 g/mol. The molecule has 1 rings (SSSR count). The Hall–Kier alpha value is -0.140. The largest absolute Gasteiger partial charge is 0.240 e. The van der Waals surface area contributed by atoms with Crippen LogP contribution in [0.1, 0.15) is 24.0 Å².